The fourth-order valence-electron chi connectivity index (χ4n) is 2.44. The highest BCUT2D eigenvalue weighted by molar-refractivity contribution is 5.78. The molecule has 0 aliphatic rings. The van der Waals surface area contributed by atoms with Gasteiger partial charge in [0.2, 0.25) is 5.91 Å². The van der Waals surface area contributed by atoms with E-state index in [0.29, 0.717) is 16.4 Å². The first-order valence-electron chi connectivity index (χ1n) is 7.26. The predicted molar refractivity (Wildman–Crippen MR) is 90.9 cm³/mol. The first-order valence-corrected chi connectivity index (χ1v) is 7.26. The number of imidazole rings is 1. The molecular formula is C18H21N3O2. The molecule has 1 amide bonds. The Morgan fingerprint density at radius 1 is 1.39 bits per heavy atom. The first kappa shape index (κ1) is 16.5. The van der Waals surface area contributed by atoms with Crippen LogP contribution in [0.5, 0.6) is 5.75 Å². The summed E-state index contributed by atoms with van der Waals surface area (Å²) in [6, 6.07) is 7.47. The van der Waals surface area contributed by atoms with Crippen LogP contribution in [0.4, 0.5) is 0 Å². The van der Waals surface area contributed by atoms with Gasteiger partial charge in [0.25, 0.3) is 0 Å². The van der Waals surface area contributed by atoms with Crippen molar-refractivity contribution < 1.29 is 9.53 Å². The number of aromatic amines is 1. The van der Waals surface area contributed by atoms with Gasteiger partial charge in [-0.25, -0.2) is 4.98 Å². The lowest BCUT2D eigenvalue weighted by atomic mass is 10.1. The molecule has 5 heteroatoms. The first-order chi connectivity index (χ1) is 10.9. The third-order valence-corrected chi connectivity index (χ3v) is 3.69. The zero-order chi connectivity index (χ0) is 17.0. The average Bonchev–Trinajstić information content (AvgIpc) is 2.92. The van der Waals surface area contributed by atoms with Gasteiger partial charge >= 0.3 is 0 Å². The molecule has 5 nitrogen and oxygen atoms in total. The highest BCUT2D eigenvalue weighted by Gasteiger charge is 2.20. The summed E-state index contributed by atoms with van der Waals surface area (Å²) in [6.45, 7) is 11.3. The second kappa shape index (κ2) is 6.96. The number of allylic oxidation sites excluding steroid dienone is 1. The van der Waals surface area contributed by atoms with Crippen molar-refractivity contribution in [2.75, 3.05) is 7.11 Å². The van der Waals surface area contributed by atoms with Crippen molar-refractivity contribution in [1.29, 1.82) is 0 Å². The van der Waals surface area contributed by atoms with E-state index in [1.54, 1.807) is 24.4 Å². The van der Waals surface area contributed by atoms with Crippen molar-refractivity contribution in [2.24, 2.45) is 0 Å². The zero-order valence-electron chi connectivity index (χ0n) is 13.7. The number of carbonyl (C=O) groups excluding carboxylic acids is 1. The molecular weight excluding hydrogens is 290 g/mol. The van der Waals surface area contributed by atoms with Gasteiger partial charge in [0, 0.05) is 12.6 Å². The number of hydrogen-bond donors (Lipinski definition) is 1. The normalized spacial score (nSPS) is 12.7. The van der Waals surface area contributed by atoms with Crippen molar-refractivity contribution in [3.63, 3.8) is 0 Å². The number of rotatable bonds is 5. The third-order valence-electron chi connectivity index (χ3n) is 3.69. The number of H-pyrrole nitrogens is 1. The van der Waals surface area contributed by atoms with Gasteiger partial charge < -0.3 is 14.6 Å². The Labute approximate surface area is 135 Å². The minimum atomic E-state index is -0.158. The van der Waals surface area contributed by atoms with Crippen LogP contribution in [0.2, 0.25) is 0 Å². The summed E-state index contributed by atoms with van der Waals surface area (Å²) in [4.78, 5) is 20.8. The molecule has 0 spiro atoms. The van der Waals surface area contributed by atoms with E-state index in [2.05, 4.69) is 23.1 Å². The van der Waals surface area contributed by atoms with Crippen LogP contribution in [0, 0.1) is 0 Å². The fourth-order valence-corrected chi connectivity index (χ4v) is 2.44. The van der Waals surface area contributed by atoms with Crippen LogP contribution < -0.4 is 15.4 Å². The standard InChI is InChI=1S/C18H21N3O2/c1-12(10-18-13(2)19-11-20-18)21(15(4)22)14(3)16-6-8-17(23-5)9-7-16/h6-11,14H,1-2H2,3-5H3,(H,19,20)/b18-10+. The van der Waals surface area contributed by atoms with Crippen molar-refractivity contribution in [3.05, 3.63) is 59.1 Å². The molecule has 2 aromatic rings. The van der Waals surface area contributed by atoms with Crippen LogP contribution in [0.3, 0.4) is 0 Å². The van der Waals surface area contributed by atoms with Gasteiger partial charge in [-0.05, 0) is 30.7 Å². The molecule has 0 saturated heterocycles. The van der Waals surface area contributed by atoms with Gasteiger partial charge in [-0.3, -0.25) is 4.79 Å². The molecule has 1 aromatic heterocycles. The number of methoxy groups -OCH3 is 1. The summed E-state index contributed by atoms with van der Waals surface area (Å²) in [5, 5.41) is 1.36. The van der Waals surface area contributed by atoms with E-state index in [1.165, 1.54) is 6.92 Å². The van der Waals surface area contributed by atoms with Gasteiger partial charge in [0.05, 0.1) is 30.2 Å². The molecule has 120 valence electrons. The van der Waals surface area contributed by atoms with E-state index in [0.717, 1.165) is 11.3 Å². The van der Waals surface area contributed by atoms with E-state index in [4.69, 9.17) is 4.74 Å². The van der Waals surface area contributed by atoms with Crippen molar-refractivity contribution in [1.82, 2.24) is 14.9 Å². The Bertz CT molecular complexity index is 806. The lowest BCUT2D eigenvalue weighted by Gasteiger charge is -2.29. The predicted octanol–water partition coefficient (Wildman–Crippen LogP) is 1.73. The molecule has 1 heterocycles. The number of nitrogens with one attached hydrogen (secondary N) is 1. The smallest absolute Gasteiger partial charge is 0.224 e. The maximum atomic E-state index is 12.1. The lowest BCUT2D eigenvalue weighted by molar-refractivity contribution is -0.128. The summed E-state index contributed by atoms with van der Waals surface area (Å²) in [6.07, 6.45) is 3.31. The molecule has 1 N–H and O–H groups in total. The number of ether oxygens (including phenoxy) is 1. The SMILES string of the molecule is C=C(/C=c1/nc[nH]c1=C)N(C(C)=O)C(C)c1ccc(OC)cc1. The largest absolute Gasteiger partial charge is 0.497 e. The minimum absolute atomic E-state index is 0.0873. The van der Waals surface area contributed by atoms with E-state index in [-0.39, 0.29) is 11.9 Å². The quantitative estimate of drug-likeness (QED) is 0.915. The van der Waals surface area contributed by atoms with Crippen LogP contribution in [0.15, 0.2) is 42.9 Å². The van der Waals surface area contributed by atoms with Crippen LogP contribution in [-0.4, -0.2) is 27.9 Å². The fraction of sp³-hybridized carbons (Fsp3) is 0.222. The van der Waals surface area contributed by atoms with Crippen LogP contribution >= 0.6 is 0 Å². The van der Waals surface area contributed by atoms with Crippen LogP contribution in [0.1, 0.15) is 25.5 Å². The number of nitrogens with zero attached hydrogens (tertiary/aromatic N) is 2. The number of aromatic nitrogens is 2. The molecule has 0 radical (unpaired) electrons. The van der Waals surface area contributed by atoms with Crippen LogP contribution in [0.25, 0.3) is 12.7 Å². The maximum absolute atomic E-state index is 12.1. The van der Waals surface area contributed by atoms with Gasteiger partial charge in [-0.2, -0.15) is 0 Å². The summed E-state index contributed by atoms with van der Waals surface area (Å²) in [7, 11) is 1.62. The molecule has 2 rings (SSSR count). The average molecular weight is 311 g/mol. The summed E-state index contributed by atoms with van der Waals surface area (Å²) >= 11 is 0. The highest BCUT2D eigenvalue weighted by atomic mass is 16.5. The number of benzene rings is 1. The van der Waals surface area contributed by atoms with Crippen molar-refractivity contribution >= 4 is 18.6 Å². The summed E-state index contributed by atoms with van der Waals surface area (Å²) in [5.74, 6) is 0.689. The topological polar surface area (TPSA) is 58.2 Å². The molecule has 0 saturated carbocycles. The second-order valence-electron chi connectivity index (χ2n) is 5.24. The van der Waals surface area contributed by atoms with E-state index >= 15 is 0 Å². The molecule has 0 aliphatic carbocycles. The summed E-state index contributed by atoms with van der Waals surface area (Å²) < 4.78 is 5.16. The number of hydrogen-bond acceptors (Lipinski definition) is 3. The van der Waals surface area contributed by atoms with Gasteiger partial charge in [0.15, 0.2) is 0 Å². The third kappa shape index (κ3) is 3.69. The van der Waals surface area contributed by atoms with Gasteiger partial charge in [-0.15, -0.1) is 0 Å². The molecule has 23 heavy (non-hydrogen) atoms. The van der Waals surface area contributed by atoms with E-state index in [1.807, 2.05) is 31.2 Å². The van der Waals surface area contributed by atoms with Crippen molar-refractivity contribution in [2.45, 2.75) is 19.9 Å². The minimum Gasteiger partial charge on any atom is -0.497 e. The Balaban J connectivity index is 2.33. The second-order valence-corrected chi connectivity index (χ2v) is 5.24. The van der Waals surface area contributed by atoms with E-state index in [9.17, 15) is 4.79 Å². The van der Waals surface area contributed by atoms with Crippen molar-refractivity contribution in [3.8, 4) is 5.75 Å². The molecule has 0 fully saturated rings. The number of carbonyl (C=O) groups is 1. The van der Waals surface area contributed by atoms with E-state index < -0.39 is 0 Å². The maximum Gasteiger partial charge on any atom is 0.224 e. The molecule has 0 aliphatic heterocycles. The van der Waals surface area contributed by atoms with Gasteiger partial charge in [0.1, 0.15) is 5.75 Å². The van der Waals surface area contributed by atoms with Crippen LogP contribution in [-0.2, 0) is 4.79 Å². The highest BCUT2D eigenvalue weighted by Crippen LogP contribution is 2.26. The zero-order valence-corrected chi connectivity index (χ0v) is 13.7. The molecule has 1 atom stereocenters. The molecule has 1 aromatic carbocycles. The molecule has 0 bridgehead atoms. The monoisotopic (exact) mass is 311 g/mol. The molecule has 1 unspecified atom stereocenters. The lowest BCUT2D eigenvalue weighted by Crippen LogP contribution is -2.32. The number of amides is 1. The Kier molecular flexibility index (Phi) is 5.01. The Morgan fingerprint density at radius 2 is 2.04 bits per heavy atom. The summed E-state index contributed by atoms with van der Waals surface area (Å²) in [5.41, 5.74) is 1.56. The Hall–Kier alpha value is -2.82. The Morgan fingerprint density at radius 3 is 2.52 bits per heavy atom. The van der Waals surface area contributed by atoms with Gasteiger partial charge in [-0.1, -0.05) is 25.3 Å².